The first-order valence-corrected chi connectivity index (χ1v) is 19.1. The molecule has 1 heterocycles. The van der Waals surface area contributed by atoms with Crippen LogP contribution in [0, 0.1) is 6.92 Å². The molecule has 58 heavy (non-hydrogen) atoms. The summed E-state index contributed by atoms with van der Waals surface area (Å²) in [5.41, 5.74) is 2.89. The van der Waals surface area contributed by atoms with Crippen molar-refractivity contribution in [2.45, 2.75) is 83.2 Å². The molecule has 0 saturated carbocycles. The fourth-order valence-corrected chi connectivity index (χ4v) is 6.93. The van der Waals surface area contributed by atoms with Gasteiger partial charge in [0.2, 0.25) is 35.4 Å². The Morgan fingerprint density at radius 2 is 0.966 bits per heavy atom. The maximum Gasteiger partial charge on any atom is 0.246 e. The van der Waals surface area contributed by atoms with Gasteiger partial charge in [-0.05, 0) is 74.2 Å². The van der Waals surface area contributed by atoms with Crippen molar-refractivity contribution < 1.29 is 43.0 Å². The van der Waals surface area contributed by atoms with Crippen LogP contribution in [-0.4, -0.2) is 129 Å². The number of hydrogen-bond acceptors (Lipinski definition) is 9. The molecule has 15 heteroatoms. The van der Waals surface area contributed by atoms with E-state index < -0.39 is 71.7 Å². The molecule has 312 valence electrons. The van der Waals surface area contributed by atoms with Gasteiger partial charge < -0.3 is 44.9 Å². The van der Waals surface area contributed by atoms with Crippen LogP contribution in [0.3, 0.4) is 0 Å². The van der Waals surface area contributed by atoms with Crippen LogP contribution in [-0.2, 0) is 48.0 Å². The van der Waals surface area contributed by atoms with Crippen molar-refractivity contribution in [2.24, 2.45) is 0 Å². The molecule has 1 saturated heterocycles. The summed E-state index contributed by atoms with van der Waals surface area (Å²) < 4.78 is 16.3. The highest BCUT2D eigenvalue weighted by atomic mass is 16.5. The van der Waals surface area contributed by atoms with Gasteiger partial charge in [0, 0.05) is 40.4 Å². The highest BCUT2D eigenvalue weighted by Gasteiger charge is 2.39. The third kappa shape index (κ3) is 10.6. The fraction of sp³-hybridized carbons (Fsp3) is 0.442. The largest absolute Gasteiger partial charge is 0.497 e. The molecule has 0 spiro atoms. The number of aryl methyl sites for hydroxylation is 1. The number of carbonyl (C=O) groups excluding carboxylic acids is 6. The Labute approximate surface area is 340 Å². The van der Waals surface area contributed by atoms with Crippen molar-refractivity contribution in [1.29, 1.82) is 0 Å². The highest BCUT2D eigenvalue weighted by molar-refractivity contribution is 5.98. The number of rotatable bonds is 9. The number of carbonyl (C=O) groups is 6. The van der Waals surface area contributed by atoms with Crippen molar-refractivity contribution in [3.05, 3.63) is 89.0 Å². The molecular weight excluding hydrogens is 745 g/mol. The number of ether oxygens (including phenoxy) is 3. The maximum absolute atomic E-state index is 14.8. The molecule has 3 N–H and O–H groups in total. The van der Waals surface area contributed by atoms with Crippen LogP contribution in [0.4, 0.5) is 0 Å². The lowest BCUT2D eigenvalue weighted by molar-refractivity contribution is -0.149. The van der Waals surface area contributed by atoms with Crippen molar-refractivity contribution in [3.8, 4) is 17.2 Å². The third-order valence-corrected chi connectivity index (χ3v) is 10.7. The maximum atomic E-state index is 14.8. The number of methoxy groups -OCH3 is 3. The van der Waals surface area contributed by atoms with Gasteiger partial charge in [0.05, 0.1) is 21.3 Å². The first-order valence-electron chi connectivity index (χ1n) is 19.1. The van der Waals surface area contributed by atoms with E-state index in [4.69, 9.17) is 14.2 Å². The molecular formula is C43H56N6O9. The molecule has 1 aliphatic heterocycles. The van der Waals surface area contributed by atoms with Gasteiger partial charge in [-0.1, -0.05) is 42.5 Å². The molecule has 6 atom stereocenters. The Bertz CT molecular complexity index is 1960. The van der Waals surface area contributed by atoms with E-state index >= 15 is 0 Å². The molecule has 4 rings (SSSR count). The Balaban J connectivity index is 1.80. The van der Waals surface area contributed by atoms with E-state index in [9.17, 15) is 28.8 Å². The summed E-state index contributed by atoms with van der Waals surface area (Å²) in [7, 11) is 8.95. The highest BCUT2D eigenvalue weighted by Crippen LogP contribution is 2.31. The SMILES string of the molecule is COc1ccc(CC2C(=O)N[C@@H](C)C(=O)N(C)[C@@H](Cc3ccccc3)C(=O)N(C)[C@@H](Cc3cc(OC)c(OC)cc3C)C(=O)N[C@H](C)C(=O)N[C@@H](C)C(=O)N2C)cc1. The molecule has 3 aromatic carbocycles. The van der Waals surface area contributed by atoms with E-state index in [0.29, 0.717) is 28.4 Å². The molecule has 0 radical (unpaired) electrons. The number of likely N-dealkylation sites (N-methyl/N-ethyl adjacent to an activating group) is 3. The molecule has 0 bridgehead atoms. The van der Waals surface area contributed by atoms with Gasteiger partial charge in [-0.25, -0.2) is 0 Å². The van der Waals surface area contributed by atoms with Gasteiger partial charge in [0.15, 0.2) is 11.5 Å². The normalized spacial score (nSPS) is 23.0. The topological polar surface area (TPSA) is 176 Å². The molecule has 1 aliphatic rings. The third-order valence-electron chi connectivity index (χ3n) is 10.7. The predicted molar refractivity (Wildman–Crippen MR) is 217 cm³/mol. The lowest BCUT2D eigenvalue weighted by Gasteiger charge is -2.36. The van der Waals surface area contributed by atoms with Crippen molar-refractivity contribution in [2.75, 3.05) is 42.5 Å². The summed E-state index contributed by atoms with van der Waals surface area (Å²) in [6, 6.07) is 12.8. The Kier molecular flexibility index (Phi) is 15.3. The molecule has 15 nitrogen and oxygen atoms in total. The summed E-state index contributed by atoms with van der Waals surface area (Å²) >= 11 is 0. The lowest BCUT2D eigenvalue weighted by Crippen LogP contribution is -2.61. The molecule has 1 fully saturated rings. The fourth-order valence-electron chi connectivity index (χ4n) is 6.93. The average Bonchev–Trinajstić information content (AvgIpc) is 3.22. The monoisotopic (exact) mass is 800 g/mol. The van der Waals surface area contributed by atoms with Crippen molar-refractivity contribution in [3.63, 3.8) is 0 Å². The van der Waals surface area contributed by atoms with E-state index in [2.05, 4.69) is 16.0 Å². The van der Waals surface area contributed by atoms with E-state index in [-0.39, 0.29) is 19.3 Å². The summed E-state index contributed by atoms with van der Waals surface area (Å²) in [5, 5.41) is 8.18. The molecule has 0 aliphatic carbocycles. The van der Waals surface area contributed by atoms with Crippen LogP contribution >= 0.6 is 0 Å². The molecule has 6 amide bonds. The first kappa shape index (κ1) is 44.6. The molecule has 0 aromatic heterocycles. The second-order valence-corrected chi connectivity index (χ2v) is 14.7. The van der Waals surface area contributed by atoms with Crippen LogP contribution in [0.15, 0.2) is 66.7 Å². The number of hydrogen-bond donors (Lipinski definition) is 3. The van der Waals surface area contributed by atoms with E-state index in [1.54, 1.807) is 36.4 Å². The zero-order valence-corrected chi connectivity index (χ0v) is 35.0. The first-order chi connectivity index (χ1) is 27.5. The molecule has 1 unspecified atom stereocenters. The van der Waals surface area contributed by atoms with Gasteiger partial charge in [-0.15, -0.1) is 0 Å². The number of nitrogens with zero attached hydrogens (tertiary/aromatic N) is 3. The van der Waals surface area contributed by atoms with Gasteiger partial charge in [-0.3, -0.25) is 28.8 Å². The van der Waals surface area contributed by atoms with Crippen LogP contribution in [0.5, 0.6) is 17.2 Å². The van der Waals surface area contributed by atoms with E-state index in [0.717, 1.165) is 11.1 Å². The number of benzene rings is 3. The zero-order chi connectivity index (χ0) is 42.8. The van der Waals surface area contributed by atoms with Crippen LogP contribution in [0.25, 0.3) is 0 Å². The number of nitrogens with one attached hydrogen (secondary N) is 3. The quantitative estimate of drug-likeness (QED) is 0.293. The van der Waals surface area contributed by atoms with Crippen molar-refractivity contribution in [1.82, 2.24) is 30.7 Å². The zero-order valence-electron chi connectivity index (χ0n) is 35.0. The summed E-state index contributed by atoms with van der Waals surface area (Å²) in [5.74, 6) is -2.10. The molecule has 3 aromatic rings. The van der Waals surface area contributed by atoms with E-state index in [1.165, 1.54) is 77.9 Å². The van der Waals surface area contributed by atoms with Crippen LogP contribution < -0.4 is 30.2 Å². The lowest BCUT2D eigenvalue weighted by atomic mass is 9.97. The van der Waals surface area contributed by atoms with E-state index in [1.807, 2.05) is 37.3 Å². The Hall–Kier alpha value is -6.12. The Morgan fingerprint density at radius 1 is 0.517 bits per heavy atom. The number of amides is 6. The van der Waals surface area contributed by atoms with Gasteiger partial charge in [0.25, 0.3) is 0 Å². The van der Waals surface area contributed by atoms with Gasteiger partial charge >= 0.3 is 0 Å². The standard InChI is InChI=1S/C43H56N6O9/c1-25-20-36(57-9)37(58-10)24-31(25)23-34-40(52)44-26(2)38(50)45-27(3)41(53)47(5)33(21-30-16-18-32(56-8)19-17-30)39(51)46-28(4)42(54)49(7)35(43(55)48(34)6)22-29-14-12-11-13-15-29/h11-20,24,26-28,33-35H,21-23H2,1-10H3,(H,44,52)(H,45,50)(H,46,51)/t26-,27+,28+,33?,34+,35+/m1/s1. The predicted octanol–water partition coefficient (Wildman–Crippen LogP) is 2.06. The van der Waals surface area contributed by atoms with Gasteiger partial charge in [0.1, 0.15) is 42.0 Å². The summed E-state index contributed by atoms with van der Waals surface area (Å²) in [6.45, 7) is 6.30. The minimum Gasteiger partial charge on any atom is -0.497 e. The Morgan fingerprint density at radius 3 is 1.52 bits per heavy atom. The summed E-state index contributed by atoms with van der Waals surface area (Å²) in [6.07, 6.45) is 0.166. The van der Waals surface area contributed by atoms with Gasteiger partial charge in [-0.2, -0.15) is 0 Å². The average molecular weight is 801 g/mol. The smallest absolute Gasteiger partial charge is 0.246 e. The minimum absolute atomic E-state index is 0.00600. The minimum atomic E-state index is -1.18. The second-order valence-electron chi connectivity index (χ2n) is 14.7. The van der Waals surface area contributed by atoms with Crippen molar-refractivity contribution >= 4 is 35.4 Å². The van der Waals surface area contributed by atoms with Crippen LogP contribution in [0.1, 0.15) is 43.0 Å². The second kappa shape index (κ2) is 19.8. The summed E-state index contributed by atoms with van der Waals surface area (Å²) in [4.78, 5) is 88.7. The van der Waals surface area contributed by atoms with Crippen LogP contribution in [0.2, 0.25) is 0 Å².